The van der Waals surface area contributed by atoms with Gasteiger partial charge in [-0.2, -0.15) is 0 Å². The molecule has 1 aliphatic rings. The minimum absolute atomic E-state index is 0.0119. The first-order valence-corrected chi connectivity index (χ1v) is 11.3. The van der Waals surface area contributed by atoms with Gasteiger partial charge in [0.1, 0.15) is 29.8 Å². The largest absolute Gasteiger partial charge is 0.486 e. The van der Waals surface area contributed by atoms with E-state index in [9.17, 15) is 17.6 Å². The number of rotatable bonds is 6. The number of halogens is 1. The molecule has 0 fully saturated rings. The second-order valence-electron chi connectivity index (χ2n) is 6.30. The minimum Gasteiger partial charge on any atom is -0.486 e. The summed E-state index contributed by atoms with van der Waals surface area (Å²) >= 11 is 0.991. The van der Waals surface area contributed by atoms with Crippen molar-refractivity contribution in [1.29, 1.82) is 0 Å². The summed E-state index contributed by atoms with van der Waals surface area (Å²) in [5.41, 5.74) is 0.203. The number of nitrogens with zero attached hydrogens (tertiary/aromatic N) is 1. The Balaban J connectivity index is 1.60. The van der Waals surface area contributed by atoms with Crippen molar-refractivity contribution in [3.05, 3.63) is 65.8 Å². The molecular formula is C20H17FN2O5S2. The Bertz CT molecular complexity index is 1170. The van der Waals surface area contributed by atoms with Crippen molar-refractivity contribution >= 4 is 38.6 Å². The molecule has 3 aromatic rings. The molecule has 0 aliphatic carbocycles. The van der Waals surface area contributed by atoms with Crippen LogP contribution in [0.4, 0.5) is 15.8 Å². The van der Waals surface area contributed by atoms with Gasteiger partial charge < -0.3 is 14.8 Å². The average Bonchev–Trinajstić information content (AvgIpc) is 3.28. The zero-order valence-electron chi connectivity index (χ0n) is 15.6. The lowest BCUT2D eigenvalue weighted by molar-refractivity contribution is -0.114. The van der Waals surface area contributed by atoms with Gasteiger partial charge in [0.15, 0.2) is 11.5 Å². The van der Waals surface area contributed by atoms with Crippen molar-refractivity contribution in [2.45, 2.75) is 4.21 Å². The molecule has 2 heterocycles. The Labute approximate surface area is 176 Å². The normalized spacial score (nSPS) is 13.0. The van der Waals surface area contributed by atoms with Gasteiger partial charge in [-0.1, -0.05) is 18.2 Å². The van der Waals surface area contributed by atoms with Crippen LogP contribution in [-0.4, -0.2) is 34.1 Å². The molecule has 0 bridgehead atoms. The summed E-state index contributed by atoms with van der Waals surface area (Å²) in [7, 11) is -4.13. The van der Waals surface area contributed by atoms with Crippen LogP contribution < -0.4 is 19.1 Å². The van der Waals surface area contributed by atoms with E-state index >= 15 is 0 Å². The van der Waals surface area contributed by atoms with Gasteiger partial charge in [-0.05, 0) is 35.7 Å². The maximum absolute atomic E-state index is 14.4. The number of fused-ring (bicyclic) bond motifs is 1. The van der Waals surface area contributed by atoms with Gasteiger partial charge in [0, 0.05) is 11.8 Å². The van der Waals surface area contributed by atoms with Crippen LogP contribution in [0.25, 0.3) is 0 Å². The second-order valence-corrected chi connectivity index (χ2v) is 9.34. The molecule has 10 heteroatoms. The molecule has 0 atom stereocenters. The zero-order chi connectivity index (χ0) is 21.1. The molecule has 1 aromatic heterocycles. The molecule has 0 saturated heterocycles. The number of sulfonamides is 1. The van der Waals surface area contributed by atoms with Gasteiger partial charge in [0.2, 0.25) is 5.91 Å². The van der Waals surface area contributed by atoms with Gasteiger partial charge in [0.05, 0.1) is 5.69 Å². The van der Waals surface area contributed by atoms with Gasteiger partial charge >= 0.3 is 0 Å². The molecule has 0 spiro atoms. The monoisotopic (exact) mass is 448 g/mol. The number of hydrogen-bond donors (Lipinski definition) is 1. The summed E-state index contributed by atoms with van der Waals surface area (Å²) < 4.78 is 52.3. The molecule has 156 valence electrons. The number of para-hydroxylation sites is 1. The van der Waals surface area contributed by atoms with Crippen LogP contribution in [0, 0.1) is 5.82 Å². The third-order valence-electron chi connectivity index (χ3n) is 4.27. The number of benzene rings is 2. The van der Waals surface area contributed by atoms with E-state index < -0.39 is 28.3 Å². The lowest BCUT2D eigenvalue weighted by Gasteiger charge is -2.24. The molecule has 4 rings (SSSR count). The highest BCUT2D eigenvalue weighted by Crippen LogP contribution is 2.33. The van der Waals surface area contributed by atoms with Crippen LogP contribution >= 0.6 is 11.3 Å². The Hall–Kier alpha value is -3.11. The highest BCUT2D eigenvalue weighted by molar-refractivity contribution is 7.94. The number of amides is 1. The molecule has 7 nitrogen and oxygen atoms in total. The van der Waals surface area contributed by atoms with Gasteiger partial charge in [-0.3, -0.25) is 9.10 Å². The summed E-state index contributed by atoms with van der Waals surface area (Å²) in [6, 6.07) is 13.3. The Kier molecular flexibility index (Phi) is 5.60. The fourth-order valence-electron chi connectivity index (χ4n) is 2.92. The lowest BCUT2D eigenvalue weighted by atomic mass is 10.2. The summed E-state index contributed by atoms with van der Waals surface area (Å²) in [6.07, 6.45) is 0. The third-order valence-corrected chi connectivity index (χ3v) is 7.41. The number of hydrogen-bond acceptors (Lipinski definition) is 6. The van der Waals surface area contributed by atoms with Crippen molar-refractivity contribution in [2.24, 2.45) is 0 Å². The first-order chi connectivity index (χ1) is 14.4. The molecule has 0 saturated carbocycles. The fourth-order valence-corrected chi connectivity index (χ4v) is 5.46. The molecule has 30 heavy (non-hydrogen) atoms. The molecule has 1 N–H and O–H groups in total. The van der Waals surface area contributed by atoms with Crippen LogP contribution in [-0.2, 0) is 14.8 Å². The molecule has 1 amide bonds. The molecule has 1 aliphatic heterocycles. The standard InChI is InChI=1S/C20H17FN2O5S2/c21-15-4-1-2-5-16(15)23(30(25,26)20-6-3-11-29-20)13-19(24)22-14-7-8-17-18(12-14)28-10-9-27-17/h1-8,11-12H,9-10,13H2,(H,22,24). The minimum atomic E-state index is -4.13. The van der Waals surface area contributed by atoms with E-state index in [1.54, 1.807) is 29.6 Å². The van der Waals surface area contributed by atoms with Crippen molar-refractivity contribution in [2.75, 3.05) is 29.4 Å². The second kappa shape index (κ2) is 8.33. The lowest BCUT2D eigenvalue weighted by Crippen LogP contribution is -2.38. The van der Waals surface area contributed by atoms with Crippen LogP contribution in [0.1, 0.15) is 0 Å². The Morgan fingerprint density at radius 1 is 1.07 bits per heavy atom. The third kappa shape index (κ3) is 4.10. The van der Waals surface area contributed by atoms with E-state index in [0.717, 1.165) is 21.7 Å². The average molecular weight is 448 g/mol. The highest BCUT2D eigenvalue weighted by atomic mass is 32.2. The smallest absolute Gasteiger partial charge is 0.274 e. The Morgan fingerprint density at radius 3 is 2.57 bits per heavy atom. The number of ether oxygens (including phenoxy) is 2. The van der Waals surface area contributed by atoms with E-state index in [2.05, 4.69) is 5.32 Å². The molecule has 2 aromatic carbocycles. The molecule has 0 radical (unpaired) electrons. The topological polar surface area (TPSA) is 84.9 Å². The van der Waals surface area contributed by atoms with E-state index in [0.29, 0.717) is 30.4 Å². The van der Waals surface area contributed by atoms with Gasteiger partial charge in [-0.25, -0.2) is 12.8 Å². The van der Waals surface area contributed by atoms with Crippen molar-refractivity contribution in [3.8, 4) is 11.5 Å². The van der Waals surface area contributed by atoms with Crippen LogP contribution in [0.15, 0.2) is 64.2 Å². The van der Waals surface area contributed by atoms with Crippen LogP contribution in [0.5, 0.6) is 11.5 Å². The molecule has 0 unspecified atom stereocenters. The quantitative estimate of drug-likeness (QED) is 0.624. The number of carbonyl (C=O) groups is 1. The molecular weight excluding hydrogens is 431 g/mol. The number of anilines is 2. The maximum atomic E-state index is 14.4. The van der Waals surface area contributed by atoms with E-state index in [-0.39, 0.29) is 9.90 Å². The van der Waals surface area contributed by atoms with E-state index in [4.69, 9.17) is 9.47 Å². The summed E-state index contributed by atoms with van der Waals surface area (Å²) in [5, 5.41) is 4.23. The van der Waals surface area contributed by atoms with Crippen LogP contribution in [0.2, 0.25) is 0 Å². The number of carbonyl (C=O) groups excluding carboxylic acids is 1. The summed E-state index contributed by atoms with van der Waals surface area (Å²) in [4.78, 5) is 12.7. The maximum Gasteiger partial charge on any atom is 0.274 e. The summed E-state index contributed by atoms with van der Waals surface area (Å²) in [5.74, 6) is -0.330. The number of thiophene rings is 1. The van der Waals surface area contributed by atoms with Crippen LogP contribution in [0.3, 0.4) is 0 Å². The fraction of sp³-hybridized carbons (Fsp3) is 0.150. The zero-order valence-corrected chi connectivity index (χ0v) is 17.2. The predicted molar refractivity (Wildman–Crippen MR) is 111 cm³/mol. The van der Waals surface area contributed by atoms with Crippen molar-refractivity contribution < 1.29 is 27.1 Å². The van der Waals surface area contributed by atoms with E-state index in [1.165, 1.54) is 24.3 Å². The first-order valence-electron chi connectivity index (χ1n) is 8.95. The highest BCUT2D eigenvalue weighted by Gasteiger charge is 2.30. The number of nitrogens with one attached hydrogen (secondary N) is 1. The van der Waals surface area contributed by atoms with Crippen molar-refractivity contribution in [1.82, 2.24) is 0 Å². The predicted octanol–water partition coefficient (Wildman–Crippen LogP) is 3.49. The van der Waals surface area contributed by atoms with E-state index in [1.807, 2.05) is 0 Å². The Morgan fingerprint density at radius 2 is 1.83 bits per heavy atom. The van der Waals surface area contributed by atoms with Gasteiger partial charge in [0.25, 0.3) is 10.0 Å². The van der Waals surface area contributed by atoms with Gasteiger partial charge in [-0.15, -0.1) is 11.3 Å². The van der Waals surface area contributed by atoms with Crippen molar-refractivity contribution in [3.63, 3.8) is 0 Å². The summed E-state index contributed by atoms with van der Waals surface area (Å²) in [6.45, 7) is 0.233. The first kappa shape index (κ1) is 20.2. The SMILES string of the molecule is O=C(CN(c1ccccc1F)S(=O)(=O)c1cccs1)Nc1ccc2c(c1)OCCO2.